The van der Waals surface area contributed by atoms with Gasteiger partial charge in [-0.1, -0.05) is 11.2 Å². The maximum absolute atomic E-state index is 12.9. The highest BCUT2D eigenvalue weighted by Crippen LogP contribution is 2.10. The zero-order valence-corrected chi connectivity index (χ0v) is 10.2. The second kappa shape index (κ2) is 5.94. The Morgan fingerprint density at radius 3 is 3.05 bits per heavy atom. The largest absolute Gasteiger partial charge is 0.448 e. The van der Waals surface area contributed by atoms with Crippen LogP contribution >= 0.6 is 0 Å². The molecule has 6 nitrogen and oxygen atoms in total. The van der Waals surface area contributed by atoms with E-state index in [9.17, 15) is 9.18 Å². The monoisotopic (exact) mass is 265 g/mol. The second-order valence-corrected chi connectivity index (χ2v) is 3.76. The number of ether oxygens (including phenoxy) is 1. The van der Waals surface area contributed by atoms with Crippen molar-refractivity contribution in [2.75, 3.05) is 11.9 Å². The van der Waals surface area contributed by atoms with E-state index in [1.54, 1.807) is 13.0 Å². The van der Waals surface area contributed by atoms with Crippen molar-refractivity contribution in [3.05, 3.63) is 35.9 Å². The van der Waals surface area contributed by atoms with Crippen LogP contribution in [0.3, 0.4) is 0 Å². The highest BCUT2D eigenvalue weighted by atomic mass is 19.1. The topological polar surface area (TPSA) is 77.2 Å². The van der Waals surface area contributed by atoms with Gasteiger partial charge < -0.3 is 10.1 Å². The van der Waals surface area contributed by atoms with Gasteiger partial charge in [0.05, 0.1) is 6.42 Å². The molecule has 1 aromatic heterocycles. The van der Waals surface area contributed by atoms with Crippen molar-refractivity contribution < 1.29 is 18.4 Å². The maximum Gasteiger partial charge on any atom is 0.417 e. The summed E-state index contributed by atoms with van der Waals surface area (Å²) in [5.41, 5.74) is 0.402. The summed E-state index contributed by atoms with van der Waals surface area (Å²) in [5, 5.41) is 6.09. The molecule has 2 rings (SSSR count). The van der Waals surface area contributed by atoms with Gasteiger partial charge in [-0.05, 0) is 25.1 Å². The lowest BCUT2D eigenvalue weighted by Gasteiger charge is -2.04. The van der Waals surface area contributed by atoms with Crippen LogP contribution in [-0.2, 0) is 4.79 Å². The summed E-state index contributed by atoms with van der Waals surface area (Å²) in [5.74, 6) is -0.239. The SMILES string of the molecule is Cc1noc(OCCC(=O)Nc2cccc(F)c2)n1. The number of carbonyl (C=O) groups excluding carboxylic acids is 1. The molecule has 0 aliphatic heterocycles. The molecule has 0 bridgehead atoms. The first kappa shape index (κ1) is 13.0. The quantitative estimate of drug-likeness (QED) is 0.893. The molecule has 1 amide bonds. The van der Waals surface area contributed by atoms with Crippen molar-refractivity contribution in [2.45, 2.75) is 13.3 Å². The highest BCUT2D eigenvalue weighted by molar-refractivity contribution is 5.90. The van der Waals surface area contributed by atoms with Crippen LogP contribution in [0, 0.1) is 12.7 Å². The molecule has 0 fully saturated rings. The standard InChI is InChI=1S/C12H12FN3O3/c1-8-14-12(19-16-8)18-6-5-11(17)15-10-4-2-3-9(13)7-10/h2-4,7H,5-6H2,1H3,(H,15,17). The van der Waals surface area contributed by atoms with Gasteiger partial charge in [0, 0.05) is 5.69 Å². The summed E-state index contributed by atoms with van der Waals surface area (Å²) in [6, 6.07) is 5.66. The third-order valence-electron chi connectivity index (χ3n) is 2.17. The normalized spacial score (nSPS) is 10.2. The predicted octanol–water partition coefficient (Wildman–Crippen LogP) is 1.92. The Bertz CT molecular complexity index is 571. The van der Waals surface area contributed by atoms with Crippen molar-refractivity contribution in [3.8, 4) is 6.08 Å². The van der Waals surface area contributed by atoms with Crippen LogP contribution < -0.4 is 10.1 Å². The van der Waals surface area contributed by atoms with Gasteiger partial charge in [0.1, 0.15) is 12.4 Å². The van der Waals surface area contributed by atoms with Crippen molar-refractivity contribution >= 4 is 11.6 Å². The fourth-order valence-corrected chi connectivity index (χ4v) is 1.36. The van der Waals surface area contributed by atoms with Crippen LogP contribution in [-0.4, -0.2) is 22.7 Å². The molecule has 0 radical (unpaired) electrons. The molecule has 0 saturated heterocycles. The minimum Gasteiger partial charge on any atom is -0.448 e. The summed E-state index contributed by atoms with van der Waals surface area (Å²) in [4.78, 5) is 15.4. The highest BCUT2D eigenvalue weighted by Gasteiger charge is 2.06. The summed E-state index contributed by atoms with van der Waals surface area (Å²) in [6.07, 6.45) is 0.119. The first-order chi connectivity index (χ1) is 9.13. The first-order valence-corrected chi connectivity index (χ1v) is 5.62. The zero-order chi connectivity index (χ0) is 13.7. The molecule has 1 aromatic carbocycles. The summed E-state index contributed by atoms with van der Waals surface area (Å²) in [6.45, 7) is 1.76. The van der Waals surface area contributed by atoms with Gasteiger partial charge in [0.2, 0.25) is 5.91 Å². The van der Waals surface area contributed by atoms with Crippen LogP contribution in [0.15, 0.2) is 28.8 Å². The Hall–Kier alpha value is -2.44. The number of carbonyl (C=O) groups is 1. The predicted molar refractivity (Wildman–Crippen MR) is 64.2 cm³/mol. The van der Waals surface area contributed by atoms with E-state index in [4.69, 9.17) is 9.26 Å². The van der Waals surface area contributed by atoms with E-state index in [1.807, 2.05) is 0 Å². The molecule has 1 heterocycles. The Kier molecular flexibility index (Phi) is 4.07. The molecule has 0 atom stereocenters. The summed E-state index contributed by atoms with van der Waals surface area (Å²) >= 11 is 0. The van der Waals surface area contributed by atoms with Crippen molar-refractivity contribution in [3.63, 3.8) is 0 Å². The van der Waals surface area contributed by atoms with E-state index in [2.05, 4.69) is 15.5 Å². The number of benzene rings is 1. The molecule has 19 heavy (non-hydrogen) atoms. The Labute approximate surface area is 108 Å². The minimum absolute atomic E-state index is 0.0241. The van der Waals surface area contributed by atoms with Crippen LogP contribution in [0.4, 0.5) is 10.1 Å². The smallest absolute Gasteiger partial charge is 0.417 e. The van der Waals surface area contributed by atoms with E-state index in [1.165, 1.54) is 18.2 Å². The summed E-state index contributed by atoms with van der Waals surface area (Å²) < 4.78 is 22.7. The fraction of sp³-hybridized carbons (Fsp3) is 0.250. The van der Waals surface area contributed by atoms with Gasteiger partial charge in [-0.2, -0.15) is 4.98 Å². The number of aryl methyl sites for hydroxylation is 1. The molecule has 0 unspecified atom stereocenters. The Morgan fingerprint density at radius 1 is 1.53 bits per heavy atom. The van der Waals surface area contributed by atoms with Gasteiger partial charge in [-0.25, -0.2) is 4.39 Å². The van der Waals surface area contributed by atoms with Gasteiger partial charge in [0.25, 0.3) is 0 Å². The maximum atomic E-state index is 12.9. The number of halogens is 1. The molecule has 1 N–H and O–H groups in total. The molecule has 0 spiro atoms. The molecule has 0 aliphatic rings. The molecule has 0 aliphatic carbocycles. The van der Waals surface area contributed by atoms with Gasteiger partial charge >= 0.3 is 6.08 Å². The number of hydrogen-bond acceptors (Lipinski definition) is 5. The molecule has 2 aromatic rings. The van der Waals surface area contributed by atoms with E-state index < -0.39 is 5.82 Å². The number of hydrogen-bond donors (Lipinski definition) is 1. The van der Waals surface area contributed by atoms with E-state index in [0.29, 0.717) is 11.5 Å². The average Bonchev–Trinajstić information content (AvgIpc) is 2.75. The third kappa shape index (κ3) is 4.06. The Balaban J connectivity index is 1.76. The van der Waals surface area contributed by atoms with Crippen LogP contribution in [0.2, 0.25) is 0 Å². The zero-order valence-electron chi connectivity index (χ0n) is 10.2. The summed E-state index contributed by atoms with van der Waals surface area (Å²) in [7, 11) is 0. The third-order valence-corrected chi connectivity index (χ3v) is 2.17. The van der Waals surface area contributed by atoms with E-state index >= 15 is 0 Å². The average molecular weight is 265 g/mol. The van der Waals surface area contributed by atoms with Crippen LogP contribution in [0.1, 0.15) is 12.2 Å². The number of rotatable bonds is 5. The van der Waals surface area contributed by atoms with Crippen molar-refractivity contribution in [1.29, 1.82) is 0 Å². The number of nitrogens with zero attached hydrogens (tertiary/aromatic N) is 2. The molecular formula is C12H12FN3O3. The lowest BCUT2D eigenvalue weighted by atomic mass is 10.3. The van der Waals surface area contributed by atoms with E-state index in [0.717, 1.165) is 0 Å². The number of nitrogens with one attached hydrogen (secondary N) is 1. The number of aromatic nitrogens is 2. The molecule has 100 valence electrons. The van der Waals surface area contributed by atoms with Gasteiger partial charge in [-0.15, -0.1) is 0 Å². The van der Waals surface area contributed by atoms with Crippen molar-refractivity contribution in [2.24, 2.45) is 0 Å². The van der Waals surface area contributed by atoms with E-state index in [-0.39, 0.29) is 25.0 Å². The lowest BCUT2D eigenvalue weighted by Crippen LogP contribution is -2.15. The minimum atomic E-state index is -0.407. The molecule has 7 heteroatoms. The second-order valence-electron chi connectivity index (χ2n) is 3.76. The fourth-order valence-electron chi connectivity index (χ4n) is 1.36. The van der Waals surface area contributed by atoms with Crippen LogP contribution in [0.5, 0.6) is 6.08 Å². The number of anilines is 1. The molecule has 0 saturated carbocycles. The Morgan fingerprint density at radius 2 is 2.37 bits per heavy atom. The lowest BCUT2D eigenvalue weighted by molar-refractivity contribution is -0.116. The number of amides is 1. The van der Waals surface area contributed by atoms with Gasteiger partial charge in [0.15, 0.2) is 5.82 Å². The molecular weight excluding hydrogens is 253 g/mol. The first-order valence-electron chi connectivity index (χ1n) is 5.62. The van der Waals surface area contributed by atoms with Gasteiger partial charge in [-0.3, -0.25) is 9.32 Å². The van der Waals surface area contributed by atoms with Crippen molar-refractivity contribution in [1.82, 2.24) is 10.1 Å². The van der Waals surface area contributed by atoms with Crippen LogP contribution in [0.25, 0.3) is 0 Å².